The van der Waals surface area contributed by atoms with Crippen molar-refractivity contribution >= 4 is 39.1 Å². The van der Waals surface area contributed by atoms with Crippen molar-refractivity contribution in [1.82, 2.24) is 10.2 Å². The lowest BCUT2D eigenvalue weighted by atomic mass is 10.0. The van der Waals surface area contributed by atoms with Crippen LogP contribution in [0.1, 0.15) is 37.8 Å². The Morgan fingerprint density at radius 1 is 0.929 bits per heavy atom. The second-order valence-electron chi connectivity index (χ2n) is 10.5. The fourth-order valence-electron chi connectivity index (χ4n) is 4.41. The molecule has 0 fully saturated rings. The van der Waals surface area contributed by atoms with E-state index < -0.39 is 27.7 Å². The number of nitrogens with zero attached hydrogens (tertiary/aromatic N) is 2. The smallest absolute Gasteiger partial charge is 0.243 e. The highest BCUT2D eigenvalue weighted by molar-refractivity contribution is 7.92. The van der Waals surface area contributed by atoms with Gasteiger partial charge in [0.05, 0.1) is 11.9 Å². The third-order valence-corrected chi connectivity index (χ3v) is 8.01. The van der Waals surface area contributed by atoms with Gasteiger partial charge in [0, 0.05) is 43.6 Å². The minimum Gasteiger partial charge on any atom is -0.354 e. The summed E-state index contributed by atoms with van der Waals surface area (Å²) in [6, 6.07) is 18.3. The van der Waals surface area contributed by atoms with Gasteiger partial charge in [-0.25, -0.2) is 17.2 Å². The van der Waals surface area contributed by atoms with Gasteiger partial charge in [0.1, 0.15) is 6.04 Å². The van der Waals surface area contributed by atoms with E-state index in [1.807, 2.05) is 44.2 Å². The monoisotopic (exact) mass is 619 g/mol. The van der Waals surface area contributed by atoms with Crippen LogP contribution in [0.3, 0.4) is 0 Å². The molecule has 2 amide bonds. The SMILES string of the molecule is CC(C)CNC(=O)[C@H](Cc1ccccc1)N(Cc1ccc(Cl)cc1)C(=O)CCCN(c1ccc(F)c(F)c1)S(C)(=O)=O. The number of carbonyl (C=O) groups excluding carboxylic acids is 2. The molecule has 0 radical (unpaired) electrons. The molecule has 1 atom stereocenters. The molecule has 226 valence electrons. The van der Waals surface area contributed by atoms with Gasteiger partial charge in [-0.2, -0.15) is 0 Å². The summed E-state index contributed by atoms with van der Waals surface area (Å²) in [6.07, 6.45) is 1.21. The zero-order chi connectivity index (χ0) is 30.9. The standard InChI is InChI=1S/C31H36ClF2N3O4S/c1-22(2)20-35-31(39)29(18-23-8-5-4-6-9-23)36(21-24-11-13-25(32)14-12-24)30(38)10-7-17-37(42(3,40)41)26-15-16-27(33)28(34)19-26/h4-6,8-9,11-16,19,22,29H,7,10,17-18,20-21H2,1-3H3,(H,35,39)/t29-/m0/s1. The van der Waals surface area contributed by atoms with Crippen molar-refractivity contribution in [3.63, 3.8) is 0 Å². The zero-order valence-corrected chi connectivity index (χ0v) is 25.5. The first-order valence-corrected chi connectivity index (χ1v) is 15.9. The average molecular weight is 620 g/mol. The van der Waals surface area contributed by atoms with Crippen LogP contribution in [-0.4, -0.2) is 50.5 Å². The van der Waals surface area contributed by atoms with Crippen LogP contribution in [0.4, 0.5) is 14.5 Å². The van der Waals surface area contributed by atoms with Crippen LogP contribution < -0.4 is 9.62 Å². The molecular weight excluding hydrogens is 584 g/mol. The van der Waals surface area contributed by atoms with Gasteiger partial charge in [-0.1, -0.05) is 67.9 Å². The van der Waals surface area contributed by atoms with Crippen LogP contribution in [0.2, 0.25) is 5.02 Å². The van der Waals surface area contributed by atoms with Crippen LogP contribution >= 0.6 is 11.6 Å². The van der Waals surface area contributed by atoms with Crippen molar-refractivity contribution in [1.29, 1.82) is 0 Å². The highest BCUT2D eigenvalue weighted by atomic mass is 35.5. The van der Waals surface area contributed by atoms with Gasteiger partial charge in [-0.05, 0) is 47.7 Å². The number of sulfonamides is 1. The minimum absolute atomic E-state index is 0.0445. The molecule has 0 spiro atoms. The maximum absolute atomic E-state index is 13.9. The van der Waals surface area contributed by atoms with E-state index in [-0.39, 0.29) is 55.8 Å². The molecule has 11 heteroatoms. The van der Waals surface area contributed by atoms with E-state index in [4.69, 9.17) is 11.6 Å². The molecule has 3 aromatic carbocycles. The summed E-state index contributed by atoms with van der Waals surface area (Å²) in [5.74, 6) is -2.73. The quantitative estimate of drug-likeness (QED) is 0.255. The molecule has 0 saturated heterocycles. The van der Waals surface area contributed by atoms with Gasteiger partial charge in [0.15, 0.2) is 11.6 Å². The Morgan fingerprint density at radius 2 is 1.60 bits per heavy atom. The molecule has 0 aromatic heterocycles. The molecule has 0 saturated carbocycles. The highest BCUT2D eigenvalue weighted by Crippen LogP contribution is 2.22. The predicted octanol–water partition coefficient (Wildman–Crippen LogP) is 5.58. The Hall–Kier alpha value is -3.50. The van der Waals surface area contributed by atoms with Crippen LogP contribution in [0.5, 0.6) is 0 Å². The van der Waals surface area contributed by atoms with Crippen LogP contribution in [0, 0.1) is 17.6 Å². The van der Waals surface area contributed by atoms with E-state index in [2.05, 4.69) is 5.32 Å². The third-order valence-electron chi connectivity index (χ3n) is 6.57. The largest absolute Gasteiger partial charge is 0.354 e. The van der Waals surface area contributed by atoms with Crippen molar-refractivity contribution in [2.75, 3.05) is 23.7 Å². The summed E-state index contributed by atoms with van der Waals surface area (Å²) in [5, 5.41) is 3.48. The van der Waals surface area contributed by atoms with Crippen molar-refractivity contribution in [3.8, 4) is 0 Å². The van der Waals surface area contributed by atoms with Gasteiger partial charge in [-0.3, -0.25) is 13.9 Å². The van der Waals surface area contributed by atoms with E-state index in [1.165, 1.54) is 11.0 Å². The van der Waals surface area contributed by atoms with Gasteiger partial charge >= 0.3 is 0 Å². The van der Waals surface area contributed by atoms with Crippen LogP contribution in [-0.2, 0) is 32.6 Å². The molecule has 0 bridgehead atoms. The minimum atomic E-state index is -3.86. The first-order chi connectivity index (χ1) is 19.8. The predicted molar refractivity (Wildman–Crippen MR) is 162 cm³/mol. The molecule has 0 heterocycles. The maximum atomic E-state index is 13.9. The summed E-state index contributed by atoms with van der Waals surface area (Å²) in [6.45, 7) is 4.37. The normalized spacial score (nSPS) is 12.2. The molecule has 1 N–H and O–H groups in total. The van der Waals surface area contributed by atoms with E-state index in [0.717, 1.165) is 33.8 Å². The summed E-state index contributed by atoms with van der Waals surface area (Å²) >= 11 is 6.06. The zero-order valence-electron chi connectivity index (χ0n) is 23.9. The Morgan fingerprint density at radius 3 is 2.19 bits per heavy atom. The van der Waals surface area contributed by atoms with Crippen molar-refractivity contribution < 1.29 is 26.8 Å². The number of hydrogen-bond acceptors (Lipinski definition) is 4. The molecule has 3 aromatic rings. The van der Waals surface area contributed by atoms with E-state index in [9.17, 15) is 26.8 Å². The summed E-state index contributed by atoms with van der Waals surface area (Å²) in [7, 11) is -3.86. The first kappa shape index (κ1) is 33.0. The van der Waals surface area contributed by atoms with Gasteiger partial charge in [0.25, 0.3) is 0 Å². The van der Waals surface area contributed by atoms with Crippen LogP contribution in [0.15, 0.2) is 72.8 Å². The number of carbonyl (C=O) groups is 2. The fraction of sp³-hybridized carbons (Fsp3) is 0.355. The highest BCUT2D eigenvalue weighted by Gasteiger charge is 2.30. The number of anilines is 1. The van der Waals surface area contributed by atoms with Crippen molar-refractivity contribution in [3.05, 3.63) is 101 Å². The Kier molecular flexibility index (Phi) is 11.9. The lowest BCUT2D eigenvalue weighted by Crippen LogP contribution is -2.51. The second kappa shape index (κ2) is 15.1. The molecule has 0 unspecified atom stereocenters. The number of amides is 2. The molecule has 42 heavy (non-hydrogen) atoms. The fourth-order valence-corrected chi connectivity index (χ4v) is 5.49. The van der Waals surface area contributed by atoms with Crippen molar-refractivity contribution in [2.45, 2.75) is 45.7 Å². The molecule has 0 aliphatic heterocycles. The van der Waals surface area contributed by atoms with E-state index in [0.29, 0.717) is 11.6 Å². The van der Waals surface area contributed by atoms with Crippen molar-refractivity contribution in [2.24, 2.45) is 5.92 Å². The number of halogens is 3. The first-order valence-electron chi connectivity index (χ1n) is 13.6. The molecule has 0 aliphatic carbocycles. The molecule has 7 nitrogen and oxygen atoms in total. The van der Waals surface area contributed by atoms with Gasteiger partial charge in [0.2, 0.25) is 21.8 Å². The third kappa shape index (κ3) is 9.80. The van der Waals surface area contributed by atoms with E-state index >= 15 is 0 Å². The topological polar surface area (TPSA) is 86.8 Å². The lowest BCUT2D eigenvalue weighted by Gasteiger charge is -2.32. The molecule has 0 aliphatic rings. The Balaban J connectivity index is 1.88. The average Bonchev–Trinajstić information content (AvgIpc) is 2.94. The lowest BCUT2D eigenvalue weighted by molar-refractivity contribution is -0.141. The van der Waals surface area contributed by atoms with Gasteiger partial charge < -0.3 is 10.2 Å². The number of rotatable bonds is 14. The molecular formula is C31H36ClF2N3O4S. The summed E-state index contributed by atoms with van der Waals surface area (Å²) in [5.41, 5.74) is 1.59. The van der Waals surface area contributed by atoms with Gasteiger partial charge in [-0.15, -0.1) is 0 Å². The summed E-state index contributed by atoms with van der Waals surface area (Å²) in [4.78, 5) is 28.8. The van der Waals surface area contributed by atoms with E-state index in [1.54, 1.807) is 24.3 Å². The number of hydrogen-bond donors (Lipinski definition) is 1. The summed E-state index contributed by atoms with van der Waals surface area (Å²) < 4.78 is 53.2. The maximum Gasteiger partial charge on any atom is 0.243 e. The second-order valence-corrected chi connectivity index (χ2v) is 12.9. The molecule has 3 rings (SSSR count). The Bertz CT molecular complexity index is 1450. The number of nitrogens with one attached hydrogen (secondary N) is 1. The Labute approximate surface area is 251 Å². The van der Waals surface area contributed by atoms with Crippen LogP contribution in [0.25, 0.3) is 0 Å². The number of benzene rings is 3.